The monoisotopic (exact) mass is 463 g/mol. The first kappa shape index (κ1) is 21.3. The highest BCUT2D eigenvalue weighted by Gasteiger charge is 2.33. The summed E-state index contributed by atoms with van der Waals surface area (Å²) in [4.78, 5) is 24.7. The number of nitro benzene ring substituents is 1. The predicted octanol–water partition coefficient (Wildman–Crippen LogP) is 3.66. The maximum absolute atomic E-state index is 12.7. The van der Waals surface area contributed by atoms with E-state index in [2.05, 4.69) is 5.32 Å². The molecule has 9 nitrogen and oxygen atoms in total. The molecule has 0 bridgehead atoms. The second-order valence-electron chi connectivity index (χ2n) is 7.00. The van der Waals surface area contributed by atoms with E-state index in [0.29, 0.717) is 35.5 Å². The van der Waals surface area contributed by atoms with Crippen molar-refractivity contribution in [2.75, 3.05) is 13.2 Å². The molecule has 2 aromatic rings. The average Bonchev–Trinajstić information content (AvgIpc) is 3.46. The summed E-state index contributed by atoms with van der Waals surface area (Å²) in [6.45, 7) is 1.09. The number of carbonyl (C=O) groups is 1. The third kappa shape index (κ3) is 4.87. The van der Waals surface area contributed by atoms with Gasteiger partial charge in [0, 0.05) is 23.8 Å². The van der Waals surface area contributed by atoms with Crippen molar-refractivity contribution in [2.24, 2.45) is 0 Å². The Labute approximate surface area is 187 Å². The number of hydrogen-bond acceptors (Lipinski definition) is 7. The Morgan fingerprint density at radius 2 is 2.23 bits per heavy atom. The van der Waals surface area contributed by atoms with Gasteiger partial charge in [0.2, 0.25) is 0 Å². The number of nitro groups is 1. The smallest absolute Gasteiger partial charge is 0.312 e. The Morgan fingerprint density at radius 1 is 1.39 bits per heavy atom. The van der Waals surface area contributed by atoms with Gasteiger partial charge in [-0.15, -0.1) is 0 Å². The predicted molar refractivity (Wildman–Crippen MR) is 116 cm³/mol. The molecule has 1 aromatic carbocycles. The van der Waals surface area contributed by atoms with Crippen LogP contribution in [0.2, 0.25) is 5.02 Å². The number of halogens is 1. The lowest BCUT2D eigenvalue weighted by Gasteiger charge is -2.18. The molecule has 2 fully saturated rings. The zero-order valence-corrected chi connectivity index (χ0v) is 17.8. The summed E-state index contributed by atoms with van der Waals surface area (Å²) in [6, 6.07) is 7.48. The van der Waals surface area contributed by atoms with Crippen LogP contribution in [0.1, 0.15) is 24.4 Å². The summed E-state index contributed by atoms with van der Waals surface area (Å²) >= 11 is 11.1. The van der Waals surface area contributed by atoms with Crippen molar-refractivity contribution in [1.29, 1.82) is 0 Å². The molecule has 4 rings (SSSR count). The molecule has 0 radical (unpaired) electrons. The lowest BCUT2D eigenvalue weighted by molar-refractivity contribution is -0.385. The van der Waals surface area contributed by atoms with Crippen molar-refractivity contribution in [3.63, 3.8) is 0 Å². The Bertz CT molecular complexity index is 1060. The van der Waals surface area contributed by atoms with Crippen molar-refractivity contribution in [1.82, 2.24) is 10.2 Å². The standard InChI is InChI=1S/C20H18ClN3O6S/c21-12-3-6-18(17(8-12)24(26)27)29-11-15-5-4-13(30-15)9-16-19(25)23(20(31)22-16)10-14-2-1-7-28-14/h3-6,8-9,14H,1-2,7,10-11H2,(H,22,31)/b16-9+. The van der Waals surface area contributed by atoms with E-state index >= 15 is 0 Å². The molecule has 1 aromatic heterocycles. The number of benzene rings is 1. The van der Waals surface area contributed by atoms with E-state index in [0.717, 1.165) is 12.8 Å². The highest BCUT2D eigenvalue weighted by atomic mass is 35.5. The van der Waals surface area contributed by atoms with Gasteiger partial charge in [-0.1, -0.05) is 11.6 Å². The molecule has 2 aliphatic heterocycles. The number of hydrogen-bond donors (Lipinski definition) is 1. The van der Waals surface area contributed by atoms with Crippen LogP contribution in [0.25, 0.3) is 6.08 Å². The van der Waals surface area contributed by atoms with Gasteiger partial charge in [-0.25, -0.2) is 0 Å². The molecule has 31 heavy (non-hydrogen) atoms. The van der Waals surface area contributed by atoms with Crippen molar-refractivity contribution >= 4 is 46.6 Å². The Balaban J connectivity index is 1.41. The number of nitrogens with one attached hydrogen (secondary N) is 1. The first-order chi connectivity index (χ1) is 14.9. The first-order valence-corrected chi connectivity index (χ1v) is 10.3. The van der Waals surface area contributed by atoms with Crippen LogP contribution >= 0.6 is 23.8 Å². The van der Waals surface area contributed by atoms with E-state index in [1.165, 1.54) is 23.1 Å². The molecule has 11 heteroatoms. The first-order valence-electron chi connectivity index (χ1n) is 9.52. The van der Waals surface area contributed by atoms with Gasteiger partial charge in [0.1, 0.15) is 23.8 Å². The molecule has 2 aliphatic rings. The number of amides is 1. The van der Waals surface area contributed by atoms with Crippen LogP contribution in [-0.4, -0.2) is 40.1 Å². The Hall–Kier alpha value is -2.95. The molecule has 1 unspecified atom stereocenters. The zero-order chi connectivity index (χ0) is 22.0. The van der Waals surface area contributed by atoms with E-state index in [9.17, 15) is 14.9 Å². The second kappa shape index (κ2) is 9.04. The van der Waals surface area contributed by atoms with E-state index in [1.54, 1.807) is 18.2 Å². The summed E-state index contributed by atoms with van der Waals surface area (Å²) in [5.41, 5.74) is 0.0696. The fraction of sp³-hybridized carbons (Fsp3) is 0.300. The van der Waals surface area contributed by atoms with E-state index in [4.69, 9.17) is 37.7 Å². The molecule has 0 aliphatic carbocycles. The number of thiocarbonyl (C=S) groups is 1. The minimum Gasteiger partial charge on any atom is -0.479 e. The van der Waals surface area contributed by atoms with Crippen LogP contribution in [0.15, 0.2) is 40.4 Å². The number of ether oxygens (including phenoxy) is 2. The maximum Gasteiger partial charge on any atom is 0.312 e. The highest BCUT2D eigenvalue weighted by molar-refractivity contribution is 7.80. The molecule has 1 atom stereocenters. The van der Waals surface area contributed by atoms with Gasteiger partial charge in [0.05, 0.1) is 17.6 Å². The van der Waals surface area contributed by atoms with Crippen LogP contribution in [-0.2, 0) is 16.1 Å². The average molecular weight is 464 g/mol. The molecular formula is C20H18ClN3O6S. The van der Waals surface area contributed by atoms with Gasteiger partial charge in [0.25, 0.3) is 5.91 Å². The summed E-state index contributed by atoms with van der Waals surface area (Å²) in [6.07, 6.45) is 3.43. The number of furan rings is 1. The van der Waals surface area contributed by atoms with Crippen LogP contribution in [0.5, 0.6) is 5.75 Å². The van der Waals surface area contributed by atoms with Crippen LogP contribution in [0.3, 0.4) is 0 Å². The fourth-order valence-electron chi connectivity index (χ4n) is 3.33. The molecule has 3 heterocycles. The number of rotatable bonds is 7. The van der Waals surface area contributed by atoms with Crippen LogP contribution in [0, 0.1) is 10.1 Å². The van der Waals surface area contributed by atoms with Gasteiger partial charge in [0.15, 0.2) is 10.9 Å². The van der Waals surface area contributed by atoms with Crippen molar-refractivity contribution in [3.8, 4) is 5.75 Å². The van der Waals surface area contributed by atoms with Crippen molar-refractivity contribution in [3.05, 3.63) is 62.7 Å². The van der Waals surface area contributed by atoms with Gasteiger partial charge < -0.3 is 19.2 Å². The summed E-state index contributed by atoms with van der Waals surface area (Å²) in [5.74, 6) is 0.683. The van der Waals surface area contributed by atoms with Crippen LogP contribution in [0.4, 0.5) is 5.69 Å². The molecular weight excluding hydrogens is 446 g/mol. The molecule has 0 spiro atoms. The van der Waals surface area contributed by atoms with Crippen LogP contribution < -0.4 is 10.1 Å². The van der Waals surface area contributed by atoms with Crippen molar-refractivity contribution in [2.45, 2.75) is 25.6 Å². The topological polar surface area (TPSA) is 107 Å². The molecule has 1 N–H and O–H groups in total. The Morgan fingerprint density at radius 3 is 2.97 bits per heavy atom. The van der Waals surface area contributed by atoms with Gasteiger partial charge >= 0.3 is 5.69 Å². The SMILES string of the molecule is O=C1/C(=C\c2ccc(COc3ccc(Cl)cc3[N+](=O)[O-])o2)NC(=S)N1CC1CCCO1. The lowest BCUT2D eigenvalue weighted by atomic mass is 10.2. The van der Waals surface area contributed by atoms with E-state index in [1.807, 2.05) is 0 Å². The lowest BCUT2D eigenvalue weighted by Crippen LogP contribution is -2.37. The third-order valence-corrected chi connectivity index (χ3v) is 5.39. The molecule has 162 valence electrons. The second-order valence-corrected chi connectivity index (χ2v) is 7.82. The van der Waals surface area contributed by atoms with Crippen molar-refractivity contribution < 1.29 is 23.6 Å². The summed E-state index contributed by atoms with van der Waals surface area (Å²) < 4.78 is 16.8. The van der Waals surface area contributed by atoms with Gasteiger partial charge in [-0.2, -0.15) is 0 Å². The largest absolute Gasteiger partial charge is 0.479 e. The zero-order valence-electron chi connectivity index (χ0n) is 16.2. The normalized spacial score (nSPS) is 19.8. The highest BCUT2D eigenvalue weighted by Crippen LogP contribution is 2.30. The molecule has 0 saturated carbocycles. The minimum atomic E-state index is -0.568. The summed E-state index contributed by atoms with van der Waals surface area (Å²) in [5, 5.41) is 14.6. The summed E-state index contributed by atoms with van der Waals surface area (Å²) in [7, 11) is 0. The number of carbonyl (C=O) groups excluding carboxylic acids is 1. The van der Waals surface area contributed by atoms with Gasteiger partial charge in [-0.3, -0.25) is 19.8 Å². The number of nitrogens with zero attached hydrogens (tertiary/aromatic N) is 2. The Kier molecular flexibility index (Phi) is 6.21. The third-order valence-electron chi connectivity index (χ3n) is 4.83. The fourth-order valence-corrected chi connectivity index (χ4v) is 3.76. The van der Waals surface area contributed by atoms with E-state index < -0.39 is 4.92 Å². The molecule has 2 saturated heterocycles. The van der Waals surface area contributed by atoms with Gasteiger partial charge in [-0.05, 0) is 49.3 Å². The maximum atomic E-state index is 12.7. The van der Waals surface area contributed by atoms with E-state index in [-0.39, 0.29) is 35.1 Å². The quantitative estimate of drug-likeness (QED) is 0.287. The molecule has 1 amide bonds. The minimum absolute atomic E-state index is 0.00709.